The fraction of sp³-hybridized carbons (Fsp3) is 0.475. The fourth-order valence-electron chi connectivity index (χ4n) is 6.97. The number of fused-ring (bicyclic) bond motifs is 1. The van der Waals surface area contributed by atoms with Gasteiger partial charge in [0.15, 0.2) is 0 Å². The van der Waals surface area contributed by atoms with Gasteiger partial charge in [0.25, 0.3) is 5.91 Å². The van der Waals surface area contributed by atoms with Gasteiger partial charge < -0.3 is 29.7 Å². The van der Waals surface area contributed by atoms with E-state index in [4.69, 9.17) is 25.8 Å². The van der Waals surface area contributed by atoms with Gasteiger partial charge in [0, 0.05) is 33.8 Å². The number of sulfonamides is 1. The van der Waals surface area contributed by atoms with Crippen molar-refractivity contribution in [3.05, 3.63) is 71.9 Å². The number of carbonyl (C=O) groups excluding carboxylic acids is 4. The van der Waals surface area contributed by atoms with E-state index in [1.807, 2.05) is 20.8 Å². The summed E-state index contributed by atoms with van der Waals surface area (Å²) >= 11 is 6.36. The third kappa shape index (κ3) is 8.58. The van der Waals surface area contributed by atoms with Crippen molar-refractivity contribution in [2.45, 2.75) is 95.4 Å². The van der Waals surface area contributed by atoms with Crippen molar-refractivity contribution in [2.75, 3.05) is 19.0 Å². The molecule has 14 nitrogen and oxygen atoms in total. The molecule has 0 spiro atoms. The van der Waals surface area contributed by atoms with Crippen molar-refractivity contribution in [1.82, 2.24) is 19.9 Å². The second kappa shape index (κ2) is 15.6. The van der Waals surface area contributed by atoms with Crippen LogP contribution in [0.15, 0.2) is 61.3 Å². The van der Waals surface area contributed by atoms with E-state index in [-0.39, 0.29) is 31.4 Å². The smallest absolute Gasteiger partial charge is 0.338 e. The summed E-state index contributed by atoms with van der Waals surface area (Å²) in [7, 11) is -2.39. The summed E-state index contributed by atoms with van der Waals surface area (Å²) in [5.41, 5.74) is -1.51. The van der Waals surface area contributed by atoms with Crippen LogP contribution >= 0.6 is 11.6 Å². The summed E-state index contributed by atoms with van der Waals surface area (Å²) in [6.45, 7) is 12.9. The van der Waals surface area contributed by atoms with Crippen LogP contribution in [0.25, 0.3) is 10.8 Å². The zero-order valence-electron chi connectivity index (χ0n) is 32.3. The maximum Gasteiger partial charge on any atom is 0.338 e. The highest BCUT2D eigenvalue weighted by molar-refractivity contribution is 7.91. The van der Waals surface area contributed by atoms with Gasteiger partial charge in [-0.15, -0.1) is 6.58 Å². The number of carbonyl (C=O) groups is 4. The molecule has 300 valence electrons. The summed E-state index contributed by atoms with van der Waals surface area (Å²) in [5, 5.41) is 7.15. The van der Waals surface area contributed by atoms with Crippen molar-refractivity contribution in [3.8, 4) is 11.6 Å². The monoisotopic (exact) mass is 809 g/mol. The largest absolute Gasteiger partial charge is 0.494 e. The molecule has 2 aliphatic carbocycles. The number of nitrogens with one attached hydrogen (secondary N) is 3. The zero-order valence-corrected chi connectivity index (χ0v) is 33.8. The van der Waals surface area contributed by atoms with Crippen molar-refractivity contribution in [1.29, 1.82) is 0 Å². The van der Waals surface area contributed by atoms with E-state index in [1.54, 1.807) is 56.3 Å². The predicted octanol–water partition coefficient (Wildman–Crippen LogP) is 5.01. The van der Waals surface area contributed by atoms with E-state index in [0.717, 1.165) is 0 Å². The van der Waals surface area contributed by atoms with Gasteiger partial charge >= 0.3 is 5.97 Å². The molecule has 3 amide bonds. The highest BCUT2D eigenvalue weighted by Gasteiger charge is 2.62. The summed E-state index contributed by atoms with van der Waals surface area (Å²) in [6.07, 6.45) is 2.99. The average molecular weight is 810 g/mol. The summed E-state index contributed by atoms with van der Waals surface area (Å²) < 4.78 is 45.0. The van der Waals surface area contributed by atoms with E-state index in [0.29, 0.717) is 45.6 Å². The number of nitrogens with zero attached hydrogens (tertiary/aromatic N) is 2. The van der Waals surface area contributed by atoms with E-state index in [1.165, 1.54) is 24.3 Å². The molecular weight excluding hydrogens is 762 g/mol. The predicted molar refractivity (Wildman–Crippen MR) is 211 cm³/mol. The minimum Gasteiger partial charge on any atom is -0.494 e. The number of hydrogen-bond acceptors (Lipinski definition) is 11. The molecule has 16 heteroatoms. The quantitative estimate of drug-likeness (QED) is 0.147. The van der Waals surface area contributed by atoms with Crippen LogP contribution in [0.3, 0.4) is 0 Å². The molecule has 1 aromatic heterocycles. The molecule has 0 bridgehead atoms. The Morgan fingerprint density at radius 3 is 2.45 bits per heavy atom. The lowest BCUT2D eigenvalue weighted by Gasteiger charge is -2.36. The molecule has 3 fully saturated rings. The standard InChI is InChI=1S/C40H48ClN5O9S/c1-8-24-19-40(24,38(50)45-56(51,52)28-13-14-28)44-34(47)31-18-27(55-35-30-17-25(41)12-15-29(30)32(53-7)20-42-35)21-46(31)36(48)33(39(4,5)6)43-26-11-9-10-23(16-26)37(49)54-22(2)3/h8-12,15-17,20,22,24,27-28,31,33,43H,1,13-14,18-19,21H2,2-7H3,(H,44,47)(H,45,50)/t24-,27-,31+,33-,40-/m1/s1. The Morgan fingerprint density at radius 1 is 1.09 bits per heavy atom. The fourth-order valence-corrected chi connectivity index (χ4v) is 8.51. The number of anilines is 1. The maximum absolute atomic E-state index is 14.8. The van der Waals surface area contributed by atoms with Crippen LogP contribution in [0.2, 0.25) is 5.02 Å². The number of hydrogen-bond donors (Lipinski definition) is 3. The minimum atomic E-state index is -3.91. The molecule has 6 rings (SSSR count). The van der Waals surface area contributed by atoms with Crippen LogP contribution in [0.5, 0.6) is 11.6 Å². The second-order valence-electron chi connectivity index (χ2n) is 16.0. The van der Waals surface area contributed by atoms with Crippen molar-refractivity contribution in [2.24, 2.45) is 11.3 Å². The third-order valence-electron chi connectivity index (χ3n) is 10.2. The van der Waals surface area contributed by atoms with Crippen molar-refractivity contribution >= 4 is 61.8 Å². The number of benzene rings is 2. The molecule has 5 atom stereocenters. The third-order valence-corrected chi connectivity index (χ3v) is 12.3. The molecule has 3 aliphatic rings. The molecule has 3 N–H and O–H groups in total. The van der Waals surface area contributed by atoms with Gasteiger partial charge in [0.05, 0.1) is 36.8 Å². The van der Waals surface area contributed by atoms with Crippen LogP contribution in [0.1, 0.15) is 70.7 Å². The average Bonchev–Trinajstić information content (AvgIpc) is 4.06. The van der Waals surface area contributed by atoms with Gasteiger partial charge in [-0.05, 0) is 74.9 Å². The highest BCUT2D eigenvalue weighted by Crippen LogP contribution is 2.46. The first-order chi connectivity index (χ1) is 26.4. The Bertz CT molecular complexity index is 2170. The van der Waals surface area contributed by atoms with E-state index in [2.05, 4.69) is 26.9 Å². The summed E-state index contributed by atoms with van der Waals surface area (Å²) in [4.78, 5) is 61.4. The van der Waals surface area contributed by atoms with Gasteiger partial charge in [0.2, 0.25) is 27.7 Å². The van der Waals surface area contributed by atoms with Crippen LogP contribution in [-0.2, 0) is 29.1 Å². The van der Waals surface area contributed by atoms with Gasteiger partial charge in [-0.3, -0.25) is 19.1 Å². The molecule has 0 radical (unpaired) electrons. The minimum absolute atomic E-state index is 0.0115. The lowest BCUT2D eigenvalue weighted by Crippen LogP contribution is -2.58. The number of ether oxygens (including phenoxy) is 3. The van der Waals surface area contributed by atoms with Crippen LogP contribution in [-0.4, -0.2) is 90.7 Å². The van der Waals surface area contributed by atoms with Crippen LogP contribution in [0, 0.1) is 11.3 Å². The molecule has 1 aliphatic heterocycles. The maximum atomic E-state index is 14.8. The number of amides is 3. The first-order valence-electron chi connectivity index (χ1n) is 18.5. The molecule has 2 aromatic carbocycles. The normalized spacial score (nSPS) is 22.6. The molecular formula is C40H48ClN5O9S. The Kier molecular flexibility index (Phi) is 11.3. The van der Waals surface area contributed by atoms with E-state index in [9.17, 15) is 27.6 Å². The number of rotatable bonds is 14. The van der Waals surface area contributed by atoms with Crippen molar-refractivity contribution < 1.29 is 41.8 Å². The molecule has 56 heavy (non-hydrogen) atoms. The highest BCUT2D eigenvalue weighted by atomic mass is 35.5. The lowest BCUT2D eigenvalue weighted by atomic mass is 9.85. The van der Waals surface area contributed by atoms with E-state index < -0.39 is 74.0 Å². The SMILES string of the molecule is C=C[C@@H]1C[C@]1(NC(=O)[C@@H]1C[C@@H](Oc2ncc(OC)c3ccc(Cl)cc23)CN1C(=O)[C@@H](Nc1cccc(C(=O)OC(C)C)c1)C(C)(C)C)C(=O)NS(=O)(=O)C1CC1. The topological polar surface area (TPSA) is 182 Å². The number of pyridine rings is 1. The van der Waals surface area contributed by atoms with Crippen molar-refractivity contribution in [3.63, 3.8) is 0 Å². The van der Waals surface area contributed by atoms with E-state index >= 15 is 0 Å². The number of likely N-dealkylation sites (tertiary alicyclic amines) is 1. The first-order valence-corrected chi connectivity index (χ1v) is 20.5. The molecule has 0 unspecified atom stereocenters. The summed E-state index contributed by atoms with van der Waals surface area (Å²) in [5.74, 6) is -2.28. The van der Waals surface area contributed by atoms with Crippen LogP contribution < -0.4 is 24.8 Å². The lowest BCUT2D eigenvalue weighted by molar-refractivity contribution is -0.141. The second-order valence-corrected chi connectivity index (χ2v) is 18.4. The van der Waals surface area contributed by atoms with Gasteiger partial charge in [-0.1, -0.05) is 44.5 Å². The van der Waals surface area contributed by atoms with Gasteiger partial charge in [-0.25, -0.2) is 18.2 Å². The summed E-state index contributed by atoms with van der Waals surface area (Å²) in [6, 6.07) is 9.74. The van der Waals surface area contributed by atoms with Gasteiger partial charge in [-0.2, -0.15) is 0 Å². The van der Waals surface area contributed by atoms with Crippen LogP contribution in [0.4, 0.5) is 5.69 Å². The first kappa shape index (κ1) is 40.8. The Morgan fingerprint density at radius 2 is 1.82 bits per heavy atom. The Labute approximate surface area is 331 Å². The number of halogens is 1. The number of esters is 1. The molecule has 3 aromatic rings. The Balaban J connectivity index is 1.32. The molecule has 2 saturated carbocycles. The molecule has 2 heterocycles. The molecule has 1 saturated heterocycles. The van der Waals surface area contributed by atoms with Gasteiger partial charge in [0.1, 0.15) is 29.5 Å². The number of aromatic nitrogens is 1. The Hall–Kier alpha value is -4.89. The number of methoxy groups -OCH3 is 1. The zero-order chi connectivity index (χ0) is 40.7.